The molecule has 18 heavy (non-hydrogen) atoms. The Bertz CT molecular complexity index is 529. The van der Waals surface area contributed by atoms with Crippen LogP contribution in [0.3, 0.4) is 0 Å². The fourth-order valence-corrected chi connectivity index (χ4v) is 3.71. The number of hydrogen-bond donors (Lipinski definition) is 1. The van der Waals surface area contributed by atoms with Crippen LogP contribution in [0.15, 0.2) is 47.5 Å². The van der Waals surface area contributed by atoms with E-state index >= 15 is 0 Å². The molecular weight excluding hydrogens is 240 g/mol. The van der Waals surface area contributed by atoms with Crippen LogP contribution in [-0.4, -0.2) is 10.2 Å². The van der Waals surface area contributed by atoms with Crippen molar-refractivity contribution in [1.82, 2.24) is 4.98 Å². The Morgan fingerprint density at radius 2 is 2.11 bits per heavy atom. The number of thioether (sulfide) groups is 1. The van der Waals surface area contributed by atoms with Gasteiger partial charge < -0.3 is 5.73 Å². The zero-order chi connectivity index (χ0) is 12.4. The number of hydrogen-bond acceptors (Lipinski definition) is 3. The summed E-state index contributed by atoms with van der Waals surface area (Å²) in [6.07, 6.45) is 5.11. The average Bonchev–Trinajstić information content (AvgIpc) is 2.80. The molecule has 2 heterocycles. The maximum absolute atomic E-state index is 5.87. The molecule has 0 bridgehead atoms. The van der Waals surface area contributed by atoms with Crippen LogP contribution in [-0.2, 0) is 12.8 Å². The van der Waals surface area contributed by atoms with Crippen molar-refractivity contribution in [3.05, 3.63) is 53.7 Å². The van der Waals surface area contributed by atoms with Gasteiger partial charge in [0.2, 0.25) is 0 Å². The predicted octanol–water partition coefficient (Wildman–Crippen LogP) is 3.31. The molecule has 1 aliphatic rings. The van der Waals surface area contributed by atoms with E-state index in [4.69, 9.17) is 5.73 Å². The van der Waals surface area contributed by atoms with Crippen molar-refractivity contribution in [2.45, 2.75) is 29.4 Å². The summed E-state index contributed by atoms with van der Waals surface area (Å²) in [5.74, 6) is 0.679. The van der Waals surface area contributed by atoms with E-state index in [9.17, 15) is 0 Å². The zero-order valence-electron chi connectivity index (χ0n) is 10.2. The molecule has 1 atom stereocenters. The summed E-state index contributed by atoms with van der Waals surface area (Å²) in [6.45, 7) is 0. The van der Waals surface area contributed by atoms with E-state index in [1.165, 1.54) is 22.4 Å². The van der Waals surface area contributed by atoms with Crippen LogP contribution in [0.1, 0.15) is 17.5 Å². The van der Waals surface area contributed by atoms with E-state index in [1.54, 1.807) is 6.20 Å². The fraction of sp³-hybridized carbons (Fsp3) is 0.267. The van der Waals surface area contributed by atoms with Crippen LogP contribution in [0.5, 0.6) is 0 Å². The van der Waals surface area contributed by atoms with E-state index in [1.807, 2.05) is 17.8 Å². The van der Waals surface area contributed by atoms with Gasteiger partial charge in [-0.25, -0.2) is 4.98 Å². The van der Waals surface area contributed by atoms with Crippen LogP contribution >= 0.6 is 11.8 Å². The first-order valence-electron chi connectivity index (χ1n) is 6.27. The third kappa shape index (κ3) is 2.36. The highest BCUT2D eigenvalue weighted by atomic mass is 32.2. The first kappa shape index (κ1) is 11.6. The fourth-order valence-electron chi connectivity index (χ4n) is 2.39. The quantitative estimate of drug-likeness (QED) is 0.915. The Kier molecular flexibility index (Phi) is 3.24. The topological polar surface area (TPSA) is 38.9 Å². The third-order valence-corrected chi connectivity index (χ3v) is 4.76. The van der Waals surface area contributed by atoms with Crippen LogP contribution < -0.4 is 5.73 Å². The second-order valence-electron chi connectivity index (χ2n) is 4.64. The second-order valence-corrected chi connectivity index (χ2v) is 5.98. The number of aryl methyl sites for hydroxylation is 1. The first-order valence-corrected chi connectivity index (χ1v) is 7.15. The van der Waals surface area contributed by atoms with Gasteiger partial charge in [-0.05, 0) is 42.5 Å². The van der Waals surface area contributed by atoms with E-state index in [0.29, 0.717) is 11.1 Å². The summed E-state index contributed by atoms with van der Waals surface area (Å²) in [7, 11) is 0. The Hall–Kier alpha value is -1.48. The normalized spacial score (nSPS) is 17.7. The number of aromatic nitrogens is 1. The van der Waals surface area contributed by atoms with Gasteiger partial charge in [0.25, 0.3) is 0 Å². The van der Waals surface area contributed by atoms with E-state index in [2.05, 4.69) is 35.3 Å². The van der Waals surface area contributed by atoms with Crippen molar-refractivity contribution in [3.8, 4) is 0 Å². The van der Waals surface area contributed by atoms with Crippen molar-refractivity contribution < 1.29 is 0 Å². The van der Waals surface area contributed by atoms with Gasteiger partial charge in [-0.2, -0.15) is 0 Å². The van der Waals surface area contributed by atoms with Gasteiger partial charge in [-0.1, -0.05) is 24.3 Å². The molecule has 1 aliphatic heterocycles. The lowest BCUT2D eigenvalue weighted by molar-refractivity contribution is 0.762. The van der Waals surface area contributed by atoms with Gasteiger partial charge in [0.15, 0.2) is 0 Å². The molecule has 0 radical (unpaired) electrons. The van der Waals surface area contributed by atoms with Gasteiger partial charge in [-0.15, -0.1) is 11.8 Å². The number of nitrogen functional groups attached to an aromatic ring is 1. The van der Waals surface area contributed by atoms with Gasteiger partial charge in [0.05, 0.1) is 0 Å². The lowest BCUT2D eigenvalue weighted by atomic mass is 10.0. The summed E-state index contributed by atoms with van der Waals surface area (Å²) >= 11 is 2.00. The highest BCUT2D eigenvalue weighted by Gasteiger charge is 2.21. The smallest absolute Gasteiger partial charge is 0.126 e. The van der Waals surface area contributed by atoms with Gasteiger partial charge in [0, 0.05) is 16.3 Å². The van der Waals surface area contributed by atoms with Crippen molar-refractivity contribution in [2.75, 3.05) is 5.73 Å². The van der Waals surface area contributed by atoms with Crippen molar-refractivity contribution in [2.24, 2.45) is 0 Å². The number of nitrogens with zero attached hydrogens (tertiary/aromatic N) is 1. The molecule has 0 saturated carbocycles. The lowest BCUT2D eigenvalue weighted by Crippen LogP contribution is -2.05. The number of pyridine rings is 1. The van der Waals surface area contributed by atoms with Crippen LogP contribution in [0.4, 0.5) is 5.82 Å². The molecule has 92 valence electrons. The van der Waals surface area contributed by atoms with E-state index in [0.717, 1.165) is 12.8 Å². The Labute approximate surface area is 112 Å². The standard InChI is InChI=1S/C15H16N2S/c16-15-11(5-3-9-17-15)7-8-13-10-12-4-1-2-6-14(12)18-13/h1-6,9,13H,7-8,10H2,(H2,16,17). The Morgan fingerprint density at radius 1 is 1.22 bits per heavy atom. The van der Waals surface area contributed by atoms with Gasteiger partial charge >= 0.3 is 0 Å². The second kappa shape index (κ2) is 5.02. The van der Waals surface area contributed by atoms with Crippen molar-refractivity contribution >= 4 is 17.6 Å². The maximum atomic E-state index is 5.87. The van der Waals surface area contributed by atoms with E-state index in [-0.39, 0.29) is 0 Å². The molecule has 3 rings (SSSR count). The van der Waals surface area contributed by atoms with Gasteiger partial charge in [-0.3, -0.25) is 0 Å². The van der Waals surface area contributed by atoms with Crippen LogP contribution in [0, 0.1) is 0 Å². The Balaban J connectivity index is 1.62. The summed E-state index contributed by atoms with van der Waals surface area (Å²) < 4.78 is 0. The minimum Gasteiger partial charge on any atom is -0.383 e. The summed E-state index contributed by atoms with van der Waals surface area (Å²) in [5, 5.41) is 0.682. The molecule has 0 amide bonds. The van der Waals surface area contributed by atoms with Crippen molar-refractivity contribution in [1.29, 1.82) is 0 Å². The average molecular weight is 256 g/mol. The number of anilines is 1. The van der Waals surface area contributed by atoms with Crippen LogP contribution in [0.25, 0.3) is 0 Å². The highest BCUT2D eigenvalue weighted by Crippen LogP contribution is 2.38. The first-order chi connectivity index (χ1) is 8.83. The third-order valence-electron chi connectivity index (χ3n) is 3.38. The van der Waals surface area contributed by atoms with Crippen LogP contribution in [0.2, 0.25) is 0 Å². The molecule has 0 saturated heterocycles. The predicted molar refractivity (Wildman–Crippen MR) is 76.8 cm³/mol. The molecule has 0 aliphatic carbocycles. The zero-order valence-corrected chi connectivity index (χ0v) is 11.0. The molecule has 3 heteroatoms. The lowest BCUT2D eigenvalue weighted by Gasteiger charge is -2.09. The largest absolute Gasteiger partial charge is 0.383 e. The molecule has 2 nitrogen and oxygen atoms in total. The van der Waals surface area contributed by atoms with Crippen molar-refractivity contribution in [3.63, 3.8) is 0 Å². The Morgan fingerprint density at radius 3 is 2.94 bits per heavy atom. The SMILES string of the molecule is Nc1ncccc1CCC1Cc2ccccc2S1. The monoisotopic (exact) mass is 256 g/mol. The molecule has 2 aromatic rings. The van der Waals surface area contributed by atoms with Gasteiger partial charge in [0.1, 0.15) is 5.82 Å². The number of rotatable bonds is 3. The minimum absolute atomic E-state index is 0.679. The highest BCUT2D eigenvalue weighted by molar-refractivity contribution is 8.00. The molecule has 2 N–H and O–H groups in total. The number of nitrogens with two attached hydrogens (primary N) is 1. The molecule has 1 aromatic heterocycles. The molecule has 1 unspecified atom stereocenters. The summed E-state index contributed by atoms with van der Waals surface area (Å²) in [6, 6.07) is 12.7. The molecule has 0 fully saturated rings. The summed E-state index contributed by atoms with van der Waals surface area (Å²) in [4.78, 5) is 5.58. The summed E-state index contributed by atoms with van der Waals surface area (Å²) in [5.41, 5.74) is 8.54. The molecular formula is C15H16N2S. The molecule has 0 spiro atoms. The van der Waals surface area contributed by atoms with E-state index < -0.39 is 0 Å². The molecule has 1 aromatic carbocycles. The number of benzene rings is 1. The minimum atomic E-state index is 0.679. The maximum Gasteiger partial charge on any atom is 0.126 e. The number of fused-ring (bicyclic) bond motifs is 1.